The number of benzene rings is 9. The van der Waals surface area contributed by atoms with Crippen LogP contribution in [0.1, 0.15) is 0 Å². The quantitative estimate of drug-likeness (QED) is 0.173. The van der Waals surface area contributed by atoms with E-state index in [-0.39, 0.29) is 0 Å². The summed E-state index contributed by atoms with van der Waals surface area (Å²) in [6.45, 7) is 0. The maximum absolute atomic E-state index is 6.78. The van der Waals surface area contributed by atoms with Gasteiger partial charge in [-0.05, 0) is 76.2 Å². The van der Waals surface area contributed by atoms with Gasteiger partial charge in [0.1, 0.15) is 22.3 Å². The Hall–Kier alpha value is -7.36. The molecule has 0 amide bonds. The molecule has 0 aliphatic heterocycles. The lowest BCUT2D eigenvalue weighted by Crippen LogP contribution is -2.12. The summed E-state index contributed by atoms with van der Waals surface area (Å²) in [4.78, 5) is 2.42. The van der Waals surface area contributed by atoms with Gasteiger partial charge in [-0.1, -0.05) is 152 Å². The van der Waals surface area contributed by atoms with Crippen LogP contribution in [0.4, 0.5) is 17.1 Å². The molecular weight excluding hydrogens is 671 g/mol. The normalized spacial score (nSPS) is 11.6. The fourth-order valence-electron chi connectivity index (χ4n) is 8.32. The molecule has 11 aromatic rings. The standard InChI is InChI=1S/C52H33NO2/c1-3-15-34(16-4-1)37-31-38(35-17-5-2-6-18-35)33-39(32-37)53(47-26-14-28-49-50(47)45-30-29-36-19-7-8-20-40(36)51(45)55-49)46-25-11-9-21-41(46)43-23-13-24-44-42-22-10-12-27-48(42)54-52(43)44/h1-33H. The molecule has 0 unspecified atom stereocenters. The van der Waals surface area contributed by atoms with Gasteiger partial charge in [-0.25, -0.2) is 0 Å². The van der Waals surface area contributed by atoms with Crippen LogP contribution in [0.2, 0.25) is 0 Å². The van der Waals surface area contributed by atoms with Crippen molar-refractivity contribution in [1.82, 2.24) is 0 Å². The third-order valence-corrected chi connectivity index (χ3v) is 10.8. The fraction of sp³-hybridized carbons (Fsp3) is 0. The predicted octanol–water partition coefficient (Wildman–Crippen LogP) is 15.1. The van der Waals surface area contributed by atoms with Crippen LogP contribution in [-0.2, 0) is 0 Å². The van der Waals surface area contributed by atoms with Crippen molar-refractivity contribution in [2.45, 2.75) is 0 Å². The zero-order chi connectivity index (χ0) is 36.3. The molecule has 0 spiro atoms. The smallest absolute Gasteiger partial charge is 0.143 e. The summed E-state index contributed by atoms with van der Waals surface area (Å²) < 4.78 is 13.4. The van der Waals surface area contributed by atoms with E-state index in [9.17, 15) is 0 Å². The van der Waals surface area contributed by atoms with Crippen molar-refractivity contribution in [3.05, 3.63) is 200 Å². The van der Waals surface area contributed by atoms with E-state index in [4.69, 9.17) is 8.83 Å². The molecule has 0 saturated heterocycles. The van der Waals surface area contributed by atoms with Crippen molar-refractivity contribution in [3.63, 3.8) is 0 Å². The summed E-state index contributed by atoms with van der Waals surface area (Å²) in [6.07, 6.45) is 0. The summed E-state index contributed by atoms with van der Waals surface area (Å²) in [5.41, 5.74) is 13.2. The third-order valence-electron chi connectivity index (χ3n) is 10.8. The molecule has 0 N–H and O–H groups in total. The van der Waals surface area contributed by atoms with E-state index in [0.29, 0.717) is 0 Å². The maximum Gasteiger partial charge on any atom is 0.143 e. The number of nitrogens with zero attached hydrogens (tertiary/aromatic N) is 1. The Kier molecular flexibility index (Phi) is 7.17. The molecule has 3 nitrogen and oxygen atoms in total. The summed E-state index contributed by atoms with van der Waals surface area (Å²) in [7, 11) is 0. The number of hydrogen-bond donors (Lipinski definition) is 0. The van der Waals surface area contributed by atoms with Gasteiger partial charge in [-0.2, -0.15) is 0 Å². The van der Waals surface area contributed by atoms with Crippen LogP contribution < -0.4 is 4.90 Å². The van der Waals surface area contributed by atoms with Crippen molar-refractivity contribution in [2.75, 3.05) is 4.90 Å². The summed E-state index contributed by atoms with van der Waals surface area (Å²) in [5, 5.41) is 6.60. The van der Waals surface area contributed by atoms with Gasteiger partial charge in [0.25, 0.3) is 0 Å². The van der Waals surface area contributed by atoms with Crippen molar-refractivity contribution in [3.8, 4) is 33.4 Å². The highest BCUT2D eigenvalue weighted by atomic mass is 16.3. The summed E-state index contributed by atoms with van der Waals surface area (Å²) in [6, 6.07) is 71.0. The van der Waals surface area contributed by atoms with Crippen LogP contribution in [-0.4, -0.2) is 0 Å². The minimum Gasteiger partial charge on any atom is -0.455 e. The van der Waals surface area contributed by atoms with Crippen LogP contribution in [0.5, 0.6) is 0 Å². The Bertz CT molecular complexity index is 3150. The van der Waals surface area contributed by atoms with Crippen LogP contribution in [0, 0.1) is 0 Å². The van der Waals surface area contributed by atoms with Crippen LogP contribution in [0.15, 0.2) is 209 Å². The number of hydrogen-bond acceptors (Lipinski definition) is 3. The Balaban J connectivity index is 1.25. The summed E-state index contributed by atoms with van der Waals surface area (Å²) in [5.74, 6) is 0. The first kappa shape index (κ1) is 31.2. The monoisotopic (exact) mass is 703 g/mol. The molecule has 2 aromatic heterocycles. The minimum atomic E-state index is 0.841. The number of furan rings is 2. The second-order valence-corrected chi connectivity index (χ2v) is 14.0. The molecule has 11 rings (SSSR count). The molecule has 258 valence electrons. The largest absolute Gasteiger partial charge is 0.455 e. The van der Waals surface area contributed by atoms with Crippen molar-refractivity contribution < 1.29 is 8.83 Å². The van der Waals surface area contributed by atoms with E-state index in [0.717, 1.165) is 105 Å². The number of anilines is 3. The molecule has 0 aliphatic rings. The van der Waals surface area contributed by atoms with Crippen molar-refractivity contribution in [2.24, 2.45) is 0 Å². The Morgan fingerprint density at radius 1 is 0.327 bits per heavy atom. The van der Waals surface area contributed by atoms with E-state index < -0.39 is 0 Å². The van der Waals surface area contributed by atoms with E-state index >= 15 is 0 Å². The molecule has 0 aliphatic carbocycles. The lowest BCUT2D eigenvalue weighted by atomic mass is 9.95. The molecule has 9 aromatic carbocycles. The topological polar surface area (TPSA) is 29.5 Å². The third kappa shape index (κ3) is 5.13. The molecule has 0 saturated carbocycles. The Morgan fingerprint density at radius 2 is 0.909 bits per heavy atom. The van der Waals surface area contributed by atoms with Gasteiger partial charge in [0.2, 0.25) is 0 Å². The average Bonchev–Trinajstić information content (AvgIpc) is 3.84. The van der Waals surface area contributed by atoms with E-state index in [2.05, 4.69) is 193 Å². The van der Waals surface area contributed by atoms with Gasteiger partial charge in [0, 0.05) is 38.4 Å². The lowest BCUT2D eigenvalue weighted by molar-refractivity contribution is 0.670. The fourth-order valence-corrected chi connectivity index (χ4v) is 8.32. The maximum atomic E-state index is 6.78. The molecule has 2 heterocycles. The van der Waals surface area contributed by atoms with Gasteiger partial charge >= 0.3 is 0 Å². The van der Waals surface area contributed by atoms with Crippen LogP contribution in [0.25, 0.3) is 88.0 Å². The van der Waals surface area contributed by atoms with Crippen molar-refractivity contribution in [1.29, 1.82) is 0 Å². The highest BCUT2D eigenvalue weighted by Crippen LogP contribution is 2.49. The van der Waals surface area contributed by atoms with Gasteiger partial charge in [-0.15, -0.1) is 0 Å². The van der Waals surface area contributed by atoms with Gasteiger partial charge in [0.05, 0.1) is 16.8 Å². The first-order valence-corrected chi connectivity index (χ1v) is 18.7. The van der Waals surface area contributed by atoms with E-state index in [1.165, 1.54) is 0 Å². The molecule has 55 heavy (non-hydrogen) atoms. The molecule has 0 bridgehead atoms. The zero-order valence-corrected chi connectivity index (χ0v) is 29.8. The Morgan fingerprint density at radius 3 is 1.71 bits per heavy atom. The second kappa shape index (κ2) is 12.6. The molecule has 3 heteroatoms. The first-order chi connectivity index (χ1) is 27.3. The van der Waals surface area contributed by atoms with Crippen LogP contribution in [0.3, 0.4) is 0 Å². The van der Waals surface area contributed by atoms with Gasteiger partial charge < -0.3 is 13.7 Å². The summed E-state index contributed by atoms with van der Waals surface area (Å²) >= 11 is 0. The highest BCUT2D eigenvalue weighted by molar-refractivity contribution is 6.20. The number of para-hydroxylation sites is 3. The first-order valence-electron chi connectivity index (χ1n) is 18.7. The number of rotatable bonds is 6. The highest BCUT2D eigenvalue weighted by Gasteiger charge is 2.25. The van der Waals surface area contributed by atoms with Crippen molar-refractivity contribution >= 4 is 71.7 Å². The molecule has 0 radical (unpaired) electrons. The lowest BCUT2D eigenvalue weighted by Gasteiger charge is -2.29. The van der Waals surface area contributed by atoms with Gasteiger partial charge in [-0.3, -0.25) is 0 Å². The predicted molar refractivity (Wildman–Crippen MR) is 229 cm³/mol. The zero-order valence-electron chi connectivity index (χ0n) is 29.8. The minimum absolute atomic E-state index is 0.841. The second-order valence-electron chi connectivity index (χ2n) is 14.0. The molecule has 0 atom stereocenters. The van der Waals surface area contributed by atoms with Crippen LogP contribution >= 0.6 is 0 Å². The van der Waals surface area contributed by atoms with E-state index in [1.807, 2.05) is 12.1 Å². The van der Waals surface area contributed by atoms with E-state index in [1.54, 1.807) is 0 Å². The molecular formula is C52H33NO2. The Labute approximate surface area is 317 Å². The SMILES string of the molecule is c1ccc(-c2cc(-c3ccccc3)cc(N(c3ccccc3-c3cccc4c3oc3ccccc34)c3cccc4oc5c6ccccc6ccc5c34)c2)cc1. The van der Waals surface area contributed by atoms with Gasteiger partial charge in [0.15, 0.2) is 0 Å². The molecule has 0 fully saturated rings. The number of fused-ring (bicyclic) bond motifs is 8. The average molecular weight is 704 g/mol.